The molecule has 0 N–H and O–H groups in total. The van der Waals surface area contributed by atoms with E-state index in [1.807, 2.05) is 77.4 Å². The molecular formula is C27H19ClN4. The van der Waals surface area contributed by atoms with E-state index in [0.29, 0.717) is 17.3 Å². The topological polar surface area (TPSA) is 43.6 Å². The van der Waals surface area contributed by atoms with Gasteiger partial charge in [0.05, 0.1) is 11.0 Å². The van der Waals surface area contributed by atoms with Crippen LogP contribution in [0.2, 0.25) is 5.28 Å². The van der Waals surface area contributed by atoms with Gasteiger partial charge in [-0.1, -0.05) is 86.0 Å². The maximum atomic E-state index is 6.36. The highest BCUT2D eigenvalue weighted by atomic mass is 35.5. The lowest BCUT2D eigenvalue weighted by molar-refractivity contribution is 0.926. The van der Waals surface area contributed by atoms with Crippen molar-refractivity contribution in [1.29, 1.82) is 0 Å². The van der Waals surface area contributed by atoms with Gasteiger partial charge in [0.15, 0.2) is 5.82 Å². The van der Waals surface area contributed by atoms with Crippen LogP contribution in [0.5, 0.6) is 0 Å². The minimum atomic E-state index is 0.116. The van der Waals surface area contributed by atoms with Gasteiger partial charge in [-0.3, -0.25) is 4.57 Å². The predicted octanol–water partition coefficient (Wildman–Crippen LogP) is 6.90. The molecule has 0 aliphatic rings. The first kappa shape index (κ1) is 19.9. The molecule has 0 unspecified atom stereocenters. The van der Waals surface area contributed by atoms with E-state index in [1.165, 1.54) is 0 Å². The minimum absolute atomic E-state index is 0.116. The molecule has 0 amide bonds. The molecule has 4 nitrogen and oxygen atoms in total. The van der Waals surface area contributed by atoms with E-state index in [1.54, 1.807) is 6.08 Å². The summed E-state index contributed by atoms with van der Waals surface area (Å²) in [6, 6.07) is 26.3. The highest BCUT2D eigenvalue weighted by Crippen LogP contribution is 2.31. The van der Waals surface area contributed by atoms with Crippen molar-refractivity contribution in [2.24, 2.45) is 0 Å². The number of aromatic nitrogens is 4. The van der Waals surface area contributed by atoms with E-state index < -0.39 is 0 Å². The number of benzene rings is 3. The normalized spacial score (nSPS) is 11.7. The van der Waals surface area contributed by atoms with Gasteiger partial charge in [0, 0.05) is 16.3 Å². The fourth-order valence-electron chi connectivity index (χ4n) is 3.84. The molecular weight excluding hydrogens is 416 g/mol. The fraction of sp³-hybridized carbons (Fsp3) is 0. The van der Waals surface area contributed by atoms with E-state index in [-0.39, 0.29) is 5.28 Å². The van der Waals surface area contributed by atoms with Gasteiger partial charge in [-0.15, -0.1) is 0 Å². The van der Waals surface area contributed by atoms with Crippen LogP contribution in [0.25, 0.3) is 38.9 Å². The molecule has 0 fully saturated rings. The first-order valence-electron chi connectivity index (χ1n) is 10.1. The van der Waals surface area contributed by atoms with E-state index in [9.17, 15) is 0 Å². The summed E-state index contributed by atoms with van der Waals surface area (Å²) in [5.74, 6) is 0.893. The molecule has 5 rings (SSSR count). The third kappa shape index (κ3) is 3.51. The van der Waals surface area contributed by atoms with Gasteiger partial charge in [-0.05, 0) is 40.9 Å². The van der Waals surface area contributed by atoms with Crippen LogP contribution >= 0.6 is 11.6 Å². The van der Waals surface area contributed by atoms with E-state index in [2.05, 4.69) is 35.3 Å². The molecule has 5 heteroatoms. The number of hydrogen-bond donors (Lipinski definition) is 0. The molecule has 3 aromatic carbocycles. The second kappa shape index (κ2) is 8.25. The largest absolute Gasteiger partial charge is 0.278 e. The first-order chi connectivity index (χ1) is 15.7. The van der Waals surface area contributed by atoms with Crippen molar-refractivity contribution in [3.8, 4) is 5.95 Å². The molecule has 0 radical (unpaired) electrons. The van der Waals surface area contributed by atoms with Gasteiger partial charge in [0.1, 0.15) is 0 Å². The van der Waals surface area contributed by atoms with Crippen molar-refractivity contribution >= 4 is 44.6 Å². The fourth-order valence-corrected chi connectivity index (χ4v) is 4.00. The Bertz CT molecular complexity index is 1460. The summed E-state index contributed by atoms with van der Waals surface area (Å²) in [6.45, 7) is 8.13. The standard InChI is InChI=1S/C27H19ClN4/c1-3-19(17-18(2)20-11-5-4-6-12-20)25-29-26(28)31-27(30-25)32-23-15-9-7-13-21(23)22-14-8-10-16-24(22)32/h3-17H,1-2H2/b19-17+. The molecule has 0 saturated heterocycles. The summed E-state index contributed by atoms with van der Waals surface area (Å²) in [5.41, 5.74) is 4.55. The summed E-state index contributed by atoms with van der Waals surface area (Å²) in [4.78, 5) is 13.6. The first-order valence-corrected chi connectivity index (χ1v) is 10.5. The molecule has 2 heterocycles. The van der Waals surface area contributed by atoms with E-state index in [0.717, 1.165) is 32.9 Å². The van der Waals surface area contributed by atoms with Crippen LogP contribution in [0.1, 0.15) is 11.4 Å². The van der Waals surface area contributed by atoms with Crippen LogP contribution in [0.3, 0.4) is 0 Å². The van der Waals surface area contributed by atoms with Crippen molar-refractivity contribution in [2.75, 3.05) is 0 Å². The van der Waals surface area contributed by atoms with Crippen molar-refractivity contribution in [1.82, 2.24) is 19.5 Å². The second-order valence-corrected chi connectivity index (χ2v) is 7.63. The maximum absolute atomic E-state index is 6.36. The summed E-state index contributed by atoms with van der Waals surface area (Å²) in [5, 5.41) is 2.36. The van der Waals surface area contributed by atoms with Crippen LogP contribution in [0.15, 0.2) is 104 Å². The van der Waals surface area contributed by atoms with Crippen molar-refractivity contribution in [3.05, 3.63) is 121 Å². The Morgan fingerprint density at radius 1 is 0.781 bits per heavy atom. The number of hydrogen-bond acceptors (Lipinski definition) is 3. The van der Waals surface area contributed by atoms with Gasteiger partial charge >= 0.3 is 0 Å². The maximum Gasteiger partial charge on any atom is 0.239 e. The molecule has 5 aromatic rings. The summed E-state index contributed by atoms with van der Waals surface area (Å²) >= 11 is 6.36. The Balaban J connectivity index is 1.69. The second-order valence-electron chi connectivity index (χ2n) is 7.29. The van der Waals surface area contributed by atoms with Crippen molar-refractivity contribution in [2.45, 2.75) is 0 Å². The zero-order valence-electron chi connectivity index (χ0n) is 17.2. The van der Waals surface area contributed by atoms with Gasteiger partial charge in [-0.25, -0.2) is 0 Å². The van der Waals surface area contributed by atoms with Crippen LogP contribution in [0.4, 0.5) is 0 Å². The molecule has 0 bridgehead atoms. The van der Waals surface area contributed by atoms with Crippen molar-refractivity contribution in [3.63, 3.8) is 0 Å². The van der Waals surface area contributed by atoms with Crippen molar-refractivity contribution < 1.29 is 0 Å². The van der Waals surface area contributed by atoms with Gasteiger partial charge in [0.2, 0.25) is 11.2 Å². The minimum Gasteiger partial charge on any atom is -0.278 e. The Morgan fingerprint density at radius 2 is 1.38 bits per heavy atom. The van der Waals surface area contributed by atoms with Crippen LogP contribution in [0, 0.1) is 0 Å². The number of halogens is 1. The lowest BCUT2D eigenvalue weighted by Gasteiger charge is -2.09. The highest BCUT2D eigenvalue weighted by Gasteiger charge is 2.16. The smallest absolute Gasteiger partial charge is 0.239 e. The summed E-state index contributed by atoms with van der Waals surface area (Å²) < 4.78 is 2.01. The Hall–Kier alpha value is -4.02. The number of fused-ring (bicyclic) bond motifs is 3. The van der Waals surface area contributed by atoms with E-state index in [4.69, 9.17) is 16.6 Å². The lowest BCUT2D eigenvalue weighted by Crippen LogP contribution is -2.06. The Morgan fingerprint density at radius 3 is 2.00 bits per heavy atom. The number of rotatable bonds is 5. The number of nitrogens with zero attached hydrogens (tertiary/aromatic N) is 4. The third-order valence-electron chi connectivity index (χ3n) is 5.33. The SMILES string of the molecule is C=C/C(=C\C(=C)c1ccccc1)c1nc(Cl)nc(-n2c3ccccc3c3ccccc32)n1. The Kier molecular flexibility index (Phi) is 5.13. The highest BCUT2D eigenvalue weighted by molar-refractivity contribution is 6.28. The van der Waals surface area contributed by atoms with Gasteiger partial charge in [-0.2, -0.15) is 15.0 Å². The zero-order valence-corrected chi connectivity index (χ0v) is 18.0. The lowest BCUT2D eigenvalue weighted by atomic mass is 10.0. The third-order valence-corrected chi connectivity index (χ3v) is 5.50. The quantitative estimate of drug-likeness (QED) is 0.282. The van der Waals surface area contributed by atoms with E-state index >= 15 is 0 Å². The summed E-state index contributed by atoms with van der Waals surface area (Å²) in [6.07, 6.45) is 3.61. The molecule has 0 spiro atoms. The van der Waals surface area contributed by atoms with Crippen LogP contribution in [-0.4, -0.2) is 19.5 Å². The average molecular weight is 435 g/mol. The summed E-state index contributed by atoms with van der Waals surface area (Å²) in [7, 11) is 0. The molecule has 32 heavy (non-hydrogen) atoms. The molecule has 0 atom stereocenters. The predicted molar refractivity (Wildman–Crippen MR) is 133 cm³/mol. The number of para-hydroxylation sites is 2. The molecule has 0 aliphatic carbocycles. The van der Waals surface area contributed by atoms with Crippen LogP contribution < -0.4 is 0 Å². The molecule has 0 saturated carbocycles. The monoisotopic (exact) mass is 434 g/mol. The van der Waals surface area contributed by atoms with Crippen LogP contribution in [-0.2, 0) is 0 Å². The van der Waals surface area contributed by atoms with Gasteiger partial charge < -0.3 is 0 Å². The molecule has 2 aromatic heterocycles. The zero-order chi connectivity index (χ0) is 22.1. The van der Waals surface area contributed by atoms with Gasteiger partial charge in [0.25, 0.3) is 0 Å². The number of allylic oxidation sites excluding steroid dienone is 4. The Labute approximate surface area is 190 Å². The molecule has 154 valence electrons. The molecule has 0 aliphatic heterocycles. The average Bonchev–Trinajstić information content (AvgIpc) is 3.17.